The molecular weight excluding hydrogens is 398 g/mol. The van der Waals surface area contributed by atoms with Crippen LogP contribution in [0.3, 0.4) is 0 Å². The number of likely N-dealkylation sites (N-methyl/N-ethyl adjacent to an activating group) is 1. The van der Waals surface area contributed by atoms with Crippen LogP contribution < -0.4 is 16.6 Å². The Bertz CT molecular complexity index is 1190. The molecule has 0 saturated carbocycles. The molecule has 2 N–H and O–H groups in total. The van der Waals surface area contributed by atoms with E-state index in [1.54, 1.807) is 22.6 Å². The van der Waals surface area contributed by atoms with Crippen molar-refractivity contribution < 1.29 is 4.79 Å². The summed E-state index contributed by atoms with van der Waals surface area (Å²) in [7, 11) is 1.80. The van der Waals surface area contributed by atoms with Gasteiger partial charge in [-0.15, -0.1) is 0 Å². The molecule has 166 valence electrons. The van der Waals surface area contributed by atoms with Gasteiger partial charge in [0.05, 0.1) is 13.1 Å². The number of H-pyrrole nitrogens is 1. The maximum absolute atomic E-state index is 12.5. The van der Waals surface area contributed by atoms with Gasteiger partial charge in [0.25, 0.3) is 5.56 Å². The van der Waals surface area contributed by atoms with Crippen molar-refractivity contribution in [2.75, 3.05) is 18.9 Å². The van der Waals surface area contributed by atoms with Crippen LogP contribution in [0.1, 0.15) is 38.2 Å². The molecule has 10 heteroatoms. The van der Waals surface area contributed by atoms with Crippen LogP contribution in [0.15, 0.2) is 27.8 Å². The molecule has 0 aliphatic heterocycles. The van der Waals surface area contributed by atoms with Gasteiger partial charge in [-0.25, -0.2) is 14.8 Å². The first kappa shape index (κ1) is 22.4. The molecule has 3 rings (SSSR count). The SMILES string of the molecule is CCCCn1c(=O)[nH]c(=O)c2c1nc(CN(C)CC(=O)Nc1cccc(C)n1)n2CC. The van der Waals surface area contributed by atoms with Crippen LogP contribution in [0.2, 0.25) is 0 Å². The minimum absolute atomic E-state index is 0.127. The Morgan fingerprint density at radius 3 is 2.65 bits per heavy atom. The molecule has 0 aromatic carbocycles. The highest BCUT2D eigenvalue weighted by atomic mass is 16.2. The van der Waals surface area contributed by atoms with E-state index < -0.39 is 11.2 Å². The summed E-state index contributed by atoms with van der Waals surface area (Å²) in [6, 6.07) is 5.43. The minimum Gasteiger partial charge on any atom is -0.321 e. The van der Waals surface area contributed by atoms with Gasteiger partial charge in [0.2, 0.25) is 5.91 Å². The fourth-order valence-electron chi connectivity index (χ4n) is 3.54. The Hall–Kier alpha value is -3.27. The number of carbonyl (C=O) groups is 1. The molecule has 0 aliphatic rings. The molecule has 0 saturated heterocycles. The van der Waals surface area contributed by atoms with Crippen molar-refractivity contribution in [2.45, 2.75) is 53.2 Å². The van der Waals surface area contributed by atoms with Crippen molar-refractivity contribution in [3.05, 3.63) is 50.6 Å². The molecule has 1 amide bonds. The number of unbranched alkanes of at least 4 members (excludes halogenated alkanes) is 1. The van der Waals surface area contributed by atoms with Gasteiger partial charge in [0.15, 0.2) is 11.2 Å². The third kappa shape index (κ3) is 5.08. The average Bonchev–Trinajstić information content (AvgIpc) is 3.05. The van der Waals surface area contributed by atoms with E-state index in [-0.39, 0.29) is 12.5 Å². The number of rotatable bonds is 9. The van der Waals surface area contributed by atoms with E-state index in [0.29, 0.717) is 42.4 Å². The van der Waals surface area contributed by atoms with Crippen molar-refractivity contribution >= 4 is 22.9 Å². The van der Waals surface area contributed by atoms with E-state index in [4.69, 9.17) is 0 Å². The lowest BCUT2D eigenvalue weighted by Gasteiger charge is -2.16. The number of carbonyl (C=O) groups excluding carboxylic acids is 1. The molecule has 0 unspecified atom stereocenters. The van der Waals surface area contributed by atoms with Crippen LogP contribution in [-0.4, -0.2) is 48.5 Å². The first-order valence-corrected chi connectivity index (χ1v) is 10.5. The van der Waals surface area contributed by atoms with E-state index in [1.165, 1.54) is 4.57 Å². The number of hydrogen-bond acceptors (Lipinski definition) is 6. The Morgan fingerprint density at radius 2 is 1.97 bits per heavy atom. The van der Waals surface area contributed by atoms with E-state index in [2.05, 4.69) is 20.3 Å². The van der Waals surface area contributed by atoms with Crippen LogP contribution in [0.5, 0.6) is 0 Å². The second kappa shape index (κ2) is 9.69. The average molecular weight is 428 g/mol. The molecule has 0 spiro atoms. The molecule has 3 heterocycles. The number of fused-ring (bicyclic) bond motifs is 1. The fraction of sp³-hybridized carbons (Fsp3) is 0.476. The molecule has 3 aromatic rings. The normalized spacial score (nSPS) is 11.4. The summed E-state index contributed by atoms with van der Waals surface area (Å²) in [5, 5.41) is 2.78. The lowest BCUT2D eigenvalue weighted by molar-refractivity contribution is -0.117. The zero-order chi connectivity index (χ0) is 22.5. The standard InChI is InChI=1S/C21H29N7O3/c1-5-7-11-28-19-18(20(30)25-21(28)31)27(6-2)16(24-19)12-26(4)13-17(29)23-15-10-8-9-14(3)22-15/h8-10H,5-7,11-13H2,1-4H3,(H,22,23,29)(H,25,30,31). The Labute approximate surface area is 179 Å². The van der Waals surface area contributed by atoms with Gasteiger partial charge in [-0.1, -0.05) is 19.4 Å². The predicted octanol–water partition coefficient (Wildman–Crippen LogP) is 1.48. The number of aromatic nitrogens is 5. The van der Waals surface area contributed by atoms with Gasteiger partial charge in [0, 0.05) is 18.8 Å². The zero-order valence-electron chi connectivity index (χ0n) is 18.4. The second-order valence-corrected chi connectivity index (χ2v) is 7.59. The number of nitrogens with one attached hydrogen (secondary N) is 2. The fourth-order valence-corrected chi connectivity index (χ4v) is 3.54. The number of imidazole rings is 1. The Morgan fingerprint density at radius 1 is 1.19 bits per heavy atom. The minimum atomic E-state index is -0.448. The monoisotopic (exact) mass is 427 g/mol. The summed E-state index contributed by atoms with van der Waals surface area (Å²) in [5.74, 6) is 0.936. The number of aryl methyl sites for hydroxylation is 3. The van der Waals surface area contributed by atoms with E-state index >= 15 is 0 Å². The topological polar surface area (TPSA) is 118 Å². The van der Waals surface area contributed by atoms with Crippen molar-refractivity contribution in [1.82, 2.24) is 29.0 Å². The third-order valence-electron chi connectivity index (χ3n) is 5.00. The Balaban J connectivity index is 1.83. The molecule has 0 aliphatic carbocycles. The van der Waals surface area contributed by atoms with Crippen LogP contribution in [0, 0.1) is 6.92 Å². The highest BCUT2D eigenvalue weighted by Gasteiger charge is 2.19. The van der Waals surface area contributed by atoms with Crippen LogP contribution in [-0.2, 0) is 24.4 Å². The first-order valence-electron chi connectivity index (χ1n) is 10.5. The van der Waals surface area contributed by atoms with Gasteiger partial charge in [0.1, 0.15) is 11.6 Å². The molecule has 0 radical (unpaired) electrons. The number of hydrogen-bond donors (Lipinski definition) is 2. The molecular formula is C21H29N7O3. The lowest BCUT2D eigenvalue weighted by atomic mass is 10.3. The second-order valence-electron chi connectivity index (χ2n) is 7.59. The largest absolute Gasteiger partial charge is 0.330 e. The lowest BCUT2D eigenvalue weighted by Crippen LogP contribution is -2.31. The first-order chi connectivity index (χ1) is 14.8. The van der Waals surface area contributed by atoms with Crippen molar-refractivity contribution in [2.24, 2.45) is 0 Å². The number of pyridine rings is 1. The quantitative estimate of drug-likeness (QED) is 0.534. The number of aromatic amines is 1. The van der Waals surface area contributed by atoms with Gasteiger partial charge in [-0.05, 0) is 39.4 Å². The van der Waals surface area contributed by atoms with Crippen LogP contribution >= 0.6 is 0 Å². The van der Waals surface area contributed by atoms with Crippen LogP contribution in [0.25, 0.3) is 11.2 Å². The summed E-state index contributed by atoms with van der Waals surface area (Å²) >= 11 is 0. The van der Waals surface area contributed by atoms with Gasteiger partial charge in [-0.3, -0.25) is 24.0 Å². The molecule has 3 aromatic heterocycles. The van der Waals surface area contributed by atoms with E-state index in [1.807, 2.05) is 32.9 Å². The smallest absolute Gasteiger partial charge is 0.321 e. The number of anilines is 1. The molecule has 0 fully saturated rings. The van der Waals surface area contributed by atoms with Crippen molar-refractivity contribution in [3.63, 3.8) is 0 Å². The maximum Gasteiger partial charge on any atom is 0.330 e. The molecule has 0 bridgehead atoms. The molecule has 31 heavy (non-hydrogen) atoms. The van der Waals surface area contributed by atoms with Gasteiger partial charge in [-0.2, -0.15) is 0 Å². The summed E-state index contributed by atoms with van der Waals surface area (Å²) in [6.45, 7) is 7.30. The summed E-state index contributed by atoms with van der Waals surface area (Å²) in [6.07, 6.45) is 1.73. The predicted molar refractivity (Wildman–Crippen MR) is 119 cm³/mol. The maximum atomic E-state index is 12.5. The third-order valence-corrected chi connectivity index (χ3v) is 5.00. The molecule has 10 nitrogen and oxygen atoms in total. The van der Waals surface area contributed by atoms with E-state index in [9.17, 15) is 14.4 Å². The highest BCUT2D eigenvalue weighted by Crippen LogP contribution is 2.14. The van der Waals surface area contributed by atoms with Crippen molar-refractivity contribution in [3.8, 4) is 0 Å². The molecule has 0 atom stereocenters. The summed E-state index contributed by atoms with van der Waals surface area (Å²) in [5.41, 5.74) is 0.703. The summed E-state index contributed by atoms with van der Waals surface area (Å²) < 4.78 is 3.32. The Kier molecular flexibility index (Phi) is 7.01. The zero-order valence-corrected chi connectivity index (χ0v) is 18.4. The van der Waals surface area contributed by atoms with Gasteiger partial charge >= 0.3 is 5.69 Å². The van der Waals surface area contributed by atoms with Crippen LogP contribution in [0.4, 0.5) is 5.82 Å². The van der Waals surface area contributed by atoms with Gasteiger partial charge < -0.3 is 9.88 Å². The van der Waals surface area contributed by atoms with E-state index in [0.717, 1.165) is 18.5 Å². The van der Waals surface area contributed by atoms with Crippen molar-refractivity contribution in [1.29, 1.82) is 0 Å². The summed E-state index contributed by atoms with van der Waals surface area (Å²) in [4.78, 5) is 50.3. The number of amides is 1. The highest BCUT2D eigenvalue weighted by molar-refractivity contribution is 5.91. The number of nitrogens with zero attached hydrogens (tertiary/aromatic N) is 5.